The molecule has 0 aliphatic carbocycles. The summed E-state index contributed by atoms with van der Waals surface area (Å²) in [6, 6.07) is 4.75. The molecule has 0 aliphatic rings. The van der Waals surface area contributed by atoms with Crippen LogP contribution in [-0.4, -0.2) is 29.9 Å². The van der Waals surface area contributed by atoms with Crippen molar-refractivity contribution in [3.05, 3.63) is 50.4 Å². The molecule has 3 aromatic rings. The van der Waals surface area contributed by atoms with Crippen molar-refractivity contribution in [1.82, 2.24) is 24.8 Å². The summed E-state index contributed by atoms with van der Waals surface area (Å²) in [5, 5.41) is 23.1. The van der Waals surface area contributed by atoms with E-state index in [1.807, 2.05) is 0 Å². The molecule has 0 amide bonds. The van der Waals surface area contributed by atoms with Gasteiger partial charge in [0.25, 0.3) is 5.56 Å². The molecule has 2 heterocycles. The summed E-state index contributed by atoms with van der Waals surface area (Å²) in [6.07, 6.45) is 0.413. The molecule has 0 spiro atoms. The van der Waals surface area contributed by atoms with Gasteiger partial charge in [-0.25, -0.2) is 9.36 Å². The Hall–Kier alpha value is -1.96. The third-order valence-corrected chi connectivity index (χ3v) is 3.85. The van der Waals surface area contributed by atoms with E-state index in [4.69, 9.17) is 23.2 Å². The van der Waals surface area contributed by atoms with Gasteiger partial charge in [-0.2, -0.15) is 5.10 Å². The van der Waals surface area contributed by atoms with Gasteiger partial charge in [0, 0.05) is 22.7 Å². The highest BCUT2D eigenvalue weighted by atomic mass is 35.5. The van der Waals surface area contributed by atoms with Gasteiger partial charge in [-0.1, -0.05) is 34.5 Å². The number of nitrogens with zero attached hydrogens (tertiary/aromatic N) is 5. The zero-order valence-electron chi connectivity index (χ0n) is 11.4. The van der Waals surface area contributed by atoms with Crippen LogP contribution in [0.2, 0.25) is 10.0 Å². The lowest BCUT2D eigenvalue weighted by molar-refractivity contribution is 0.148. The van der Waals surface area contributed by atoms with E-state index in [0.29, 0.717) is 26.6 Å². The molecule has 1 unspecified atom stereocenters. The number of hydrogen-bond donors (Lipinski definition) is 1. The summed E-state index contributed by atoms with van der Waals surface area (Å²) in [4.78, 5) is 12.3. The van der Waals surface area contributed by atoms with Crippen LogP contribution in [0.1, 0.15) is 11.7 Å². The number of aryl methyl sites for hydroxylation is 1. The van der Waals surface area contributed by atoms with Crippen LogP contribution in [-0.2, 0) is 13.6 Å². The molecule has 22 heavy (non-hydrogen) atoms. The fraction of sp³-hybridized carbons (Fsp3) is 0.231. The van der Waals surface area contributed by atoms with Crippen molar-refractivity contribution in [1.29, 1.82) is 0 Å². The first-order chi connectivity index (χ1) is 10.5. The van der Waals surface area contributed by atoms with Crippen molar-refractivity contribution in [2.24, 2.45) is 7.05 Å². The Morgan fingerprint density at radius 3 is 2.86 bits per heavy atom. The maximum atomic E-state index is 12.3. The molecular weight excluding hydrogens is 329 g/mol. The minimum absolute atomic E-state index is 0.0714. The summed E-state index contributed by atoms with van der Waals surface area (Å²) in [7, 11) is 1.67. The number of fused-ring (bicyclic) bond motifs is 1. The van der Waals surface area contributed by atoms with Gasteiger partial charge in [0.1, 0.15) is 11.5 Å². The Bertz CT molecular complexity index is 905. The smallest absolute Gasteiger partial charge is 0.280 e. The van der Waals surface area contributed by atoms with Crippen molar-refractivity contribution >= 4 is 34.2 Å². The first kappa shape index (κ1) is 15.0. The minimum atomic E-state index is -1.01. The lowest BCUT2D eigenvalue weighted by Crippen LogP contribution is -2.27. The zero-order chi connectivity index (χ0) is 15.9. The molecule has 0 saturated carbocycles. The first-order valence-electron chi connectivity index (χ1n) is 6.36. The van der Waals surface area contributed by atoms with E-state index in [0.717, 1.165) is 4.68 Å². The normalized spacial score (nSPS) is 12.7. The monoisotopic (exact) mass is 339 g/mol. The second kappa shape index (κ2) is 5.68. The summed E-state index contributed by atoms with van der Waals surface area (Å²) >= 11 is 11.9. The molecule has 0 radical (unpaired) electrons. The Kier molecular flexibility index (Phi) is 3.86. The predicted molar refractivity (Wildman–Crippen MR) is 82.0 cm³/mol. The van der Waals surface area contributed by atoms with Crippen LogP contribution in [0.25, 0.3) is 11.0 Å². The summed E-state index contributed by atoms with van der Waals surface area (Å²) in [5.74, 6) is 0. The van der Waals surface area contributed by atoms with E-state index in [9.17, 15) is 9.90 Å². The van der Waals surface area contributed by atoms with E-state index in [1.165, 1.54) is 16.9 Å². The second-order valence-electron chi connectivity index (χ2n) is 4.76. The molecule has 3 rings (SSSR count). The van der Waals surface area contributed by atoms with E-state index in [-0.39, 0.29) is 12.1 Å². The molecule has 0 bridgehead atoms. The quantitative estimate of drug-likeness (QED) is 0.782. The standard InChI is InChI=1S/C13H11Cl2N5O2/c1-19-12-9(5-16-19)13(22)20(18-17-12)6-11(21)8-3-2-7(14)4-10(8)15/h2-5,11,21H,6H2,1H3. The van der Waals surface area contributed by atoms with Crippen LogP contribution >= 0.6 is 23.2 Å². The van der Waals surface area contributed by atoms with E-state index in [1.54, 1.807) is 19.2 Å². The number of aliphatic hydroxyl groups excluding tert-OH is 1. The average molecular weight is 340 g/mol. The highest BCUT2D eigenvalue weighted by molar-refractivity contribution is 6.35. The Balaban J connectivity index is 1.95. The molecule has 9 heteroatoms. The number of halogens is 2. The lowest BCUT2D eigenvalue weighted by Gasteiger charge is -2.13. The van der Waals surface area contributed by atoms with Crippen molar-refractivity contribution in [3.63, 3.8) is 0 Å². The van der Waals surface area contributed by atoms with Crippen LogP contribution in [0.5, 0.6) is 0 Å². The highest BCUT2D eigenvalue weighted by Crippen LogP contribution is 2.26. The van der Waals surface area contributed by atoms with Crippen molar-refractivity contribution < 1.29 is 5.11 Å². The number of hydrogen-bond acceptors (Lipinski definition) is 5. The molecule has 0 saturated heterocycles. The Labute approximate surface area is 134 Å². The van der Waals surface area contributed by atoms with Crippen LogP contribution in [0.3, 0.4) is 0 Å². The van der Waals surface area contributed by atoms with Gasteiger partial charge < -0.3 is 5.11 Å². The molecule has 1 aromatic carbocycles. The van der Waals surface area contributed by atoms with Crippen LogP contribution in [0.15, 0.2) is 29.2 Å². The molecule has 1 N–H and O–H groups in total. The summed E-state index contributed by atoms with van der Waals surface area (Å²) < 4.78 is 2.54. The minimum Gasteiger partial charge on any atom is -0.386 e. The molecule has 2 aromatic heterocycles. The van der Waals surface area contributed by atoms with E-state index in [2.05, 4.69) is 15.4 Å². The fourth-order valence-corrected chi connectivity index (χ4v) is 2.66. The predicted octanol–water partition coefficient (Wildman–Crippen LogP) is 1.57. The Morgan fingerprint density at radius 2 is 2.14 bits per heavy atom. The maximum absolute atomic E-state index is 12.3. The van der Waals surface area contributed by atoms with Gasteiger partial charge in [0.2, 0.25) is 0 Å². The van der Waals surface area contributed by atoms with Gasteiger partial charge in [-0.3, -0.25) is 4.79 Å². The van der Waals surface area contributed by atoms with Gasteiger partial charge >= 0.3 is 0 Å². The zero-order valence-corrected chi connectivity index (χ0v) is 13.0. The topological polar surface area (TPSA) is 85.8 Å². The molecule has 7 nitrogen and oxygen atoms in total. The molecule has 1 atom stereocenters. The number of rotatable bonds is 3. The largest absolute Gasteiger partial charge is 0.386 e. The number of benzene rings is 1. The highest BCUT2D eigenvalue weighted by Gasteiger charge is 2.16. The number of aromatic nitrogens is 5. The van der Waals surface area contributed by atoms with E-state index < -0.39 is 6.10 Å². The van der Waals surface area contributed by atoms with Crippen LogP contribution in [0.4, 0.5) is 0 Å². The van der Waals surface area contributed by atoms with E-state index >= 15 is 0 Å². The molecule has 0 aliphatic heterocycles. The fourth-order valence-electron chi connectivity index (χ4n) is 2.13. The third kappa shape index (κ3) is 2.58. The Morgan fingerprint density at radius 1 is 1.36 bits per heavy atom. The molecule has 114 valence electrons. The van der Waals surface area contributed by atoms with Crippen LogP contribution < -0.4 is 5.56 Å². The summed E-state index contributed by atoms with van der Waals surface area (Å²) in [6.45, 7) is -0.0714. The van der Waals surface area contributed by atoms with Crippen molar-refractivity contribution in [2.75, 3.05) is 0 Å². The molecule has 0 fully saturated rings. The molecular formula is C13H11Cl2N5O2. The van der Waals surface area contributed by atoms with Crippen LogP contribution in [0, 0.1) is 0 Å². The number of aliphatic hydroxyl groups is 1. The van der Waals surface area contributed by atoms with Crippen molar-refractivity contribution in [3.8, 4) is 0 Å². The lowest BCUT2D eigenvalue weighted by atomic mass is 10.1. The van der Waals surface area contributed by atoms with Gasteiger partial charge in [-0.05, 0) is 12.1 Å². The SMILES string of the molecule is Cn1ncc2c(=O)n(CC(O)c3ccc(Cl)cc3Cl)nnc21. The van der Waals surface area contributed by atoms with Gasteiger partial charge in [0.05, 0.1) is 12.7 Å². The third-order valence-electron chi connectivity index (χ3n) is 3.29. The van der Waals surface area contributed by atoms with Gasteiger partial charge in [-0.15, -0.1) is 5.10 Å². The van der Waals surface area contributed by atoms with Gasteiger partial charge in [0.15, 0.2) is 5.65 Å². The first-order valence-corrected chi connectivity index (χ1v) is 7.11. The summed E-state index contributed by atoms with van der Waals surface area (Å²) in [5.41, 5.74) is 0.480. The van der Waals surface area contributed by atoms with Crippen molar-refractivity contribution in [2.45, 2.75) is 12.6 Å². The second-order valence-corrected chi connectivity index (χ2v) is 5.61. The average Bonchev–Trinajstić information content (AvgIpc) is 2.84. The maximum Gasteiger partial charge on any atom is 0.280 e.